The van der Waals surface area contributed by atoms with Crippen molar-refractivity contribution in [2.75, 3.05) is 52.7 Å². The van der Waals surface area contributed by atoms with Crippen LogP contribution in [0, 0.1) is 0 Å². The molecule has 2 unspecified atom stereocenters. The number of aryl methyl sites for hydroxylation is 2. The lowest BCUT2D eigenvalue weighted by Crippen LogP contribution is -2.52. The number of para-hydroxylation sites is 4. The molecule has 2 atom stereocenters. The van der Waals surface area contributed by atoms with Gasteiger partial charge in [-0.2, -0.15) is 9.97 Å². The third kappa shape index (κ3) is 10.6. The molecule has 4 aromatic carbocycles. The van der Waals surface area contributed by atoms with Crippen LogP contribution in [0.15, 0.2) is 107 Å². The lowest BCUT2D eigenvalue weighted by Gasteiger charge is -2.34. The molecule has 1 saturated heterocycles. The van der Waals surface area contributed by atoms with Crippen molar-refractivity contribution >= 4 is 11.9 Å². The van der Waals surface area contributed by atoms with Crippen LogP contribution in [0.25, 0.3) is 22.5 Å². The third-order valence-electron chi connectivity index (χ3n) is 12.9. The Labute approximate surface area is 419 Å². The van der Waals surface area contributed by atoms with Crippen molar-refractivity contribution in [3.8, 4) is 68.8 Å². The summed E-state index contributed by atoms with van der Waals surface area (Å²) in [5, 5.41) is 9.32. The Morgan fingerprint density at radius 2 is 1.07 bits per heavy atom. The SMILES string of the molecule is CC(C)(Oc1ccc2c(c1)CCn1c-2cc(OCC2COc3ccccc3O2)nc1=O)C(=O)N1CCOCC1.CC(C)(Oc1ccc2c(c1)CCn1c-2cc(OCC2COc3ccccc3O2)nc1=O)C(=O)O. The van der Waals surface area contributed by atoms with Gasteiger partial charge in [0.15, 0.2) is 46.4 Å². The first-order valence-corrected chi connectivity index (χ1v) is 24.2. The standard InChI is InChI=1S/C29H31N3O7.C25H24N2O7/c1-29(2,27(33)31-11-13-35-14-12-31)39-20-7-8-22-19(15-20)9-10-32-23(22)16-26(30-28(32)34)37-18-21-17-36-24-5-3-4-6-25(24)38-21;1-25(2,23(28)29)34-16-7-8-18-15(11-16)9-10-27-19(18)12-22(26-24(27)30)32-14-17-13-31-20-5-3-4-6-21(20)33-17/h3-8,15-16,21H,9-14,17-18H2,1-2H3;3-8,11-12,17H,9-10,13-14H2,1-2H3,(H,28,29). The number of hydrogen-bond acceptors (Lipinski definition) is 15. The van der Waals surface area contributed by atoms with E-state index in [9.17, 15) is 24.3 Å². The minimum atomic E-state index is -1.35. The van der Waals surface area contributed by atoms with Gasteiger partial charge in [0.2, 0.25) is 11.8 Å². The van der Waals surface area contributed by atoms with E-state index < -0.39 is 22.9 Å². The predicted octanol–water partition coefficient (Wildman–Crippen LogP) is 5.63. The molecule has 6 aromatic rings. The zero-order valence-electron chi connectivity index (χ0n) is 40.9. The number of amides is 1. The van der Waals surface area contributed by atoms with E-state index in [-0.39, 0.29) is 48.8 Å². The maximum Gasteiger partial charge on any atom is 0.351 e. The number of hydrogen-bond donors (Lipinski definition) is 1. The van der Waals surface area contributed by atoms with Crippen molar-refractivity contribution in [3.63, 3.8) is 0 Å². The van der Waals surface area contributed by atoms with E-state index in [0.717, 1.165) is 27.9 Å². The van der Waals surface area contributed by atoms with Crippen LogP contribution in [-0.2, 0) is 40.3 Å². The molecule has 0 aliphatic carbocycles. The number of rotatable bonds is 12. The fraction of sp³-hybridized carbons (Fsp3) is 0.370. The Bertz CT molecular complexity index is 3180. The second-order valence-corrected chi connectivity index (χ2v) is 19.0. The molecule has 2 aromatic heterocycles. The van der Waals surface area contributed by atoms with Gasteiger partial charge in [-0.1, -0.05) is 24.3 Å². The Kier molecular flexibility index (Phi) is 13.4. The van der Waals surface area contributed by atoms with Crippen LogP contribution >= 0.6 is 0 Å². The van der Waals surface area contributed by atoms with Crippen molar-refractivity contribution in [2.45, 2.75) is 77.0 Å². The van der Waals surface area contributed by atoms with Crippen molar-refractivity contribution in [1.29, 1.82) is 0 Å². The van der Waals surface area contributed by atoms with Crippen molar-refractivity contribution in [1.82, 2.24) is 24.0 Å². The number of ether oxygens (including phenoxy) is 9. The Morgan fingerprint density at radius 3 is 1.53 bits per heavy atom. The number of aromatic nitrogens is 4. The average molecular weight is 998 g/mol. The second kappa shape index (κ2) is 20.2. The van der Waals surface area contributed by atoms with Gasteiger partial charge in [-0.15, -0.1) is 0 Å². The summed E-state index contributed by atoms with van der Waals surface area (Å²) >= 11 is 0. The number of nitrogens with zero attached hydrogens (tertiary/aromatic N) is 5. The highest BCUT2D eigenvalue weighted by Crippen LogP contribution is 2.37. The first-order valence-electron chi connectivity index (χ1n) is 24.2. The number of carboxylic acids is 1. The van der Waals surface area contributed by atoms with E-state index in [2.05, 4.69) is 9.97 Å². The molecule has 380 valence electrons. The number of carbonyl (C=O) groups excluding carboxylic acids is 1. The summed E-state index contributed by atoms with van der Waals surface area (Å²) in [6, 6.07) is 29.5. The number of carboxylic acid groups (broad SMARTS) is 1. The molecule has 7 heterocycles. The topological polar surface area (TPSA) is 210 Å². The number of benzene rings is 4. The van der Waals surface area contributed by atoms with Crippen LogP contribution in [0.1, 0.15) is 38.8 Å². The average Bonchev–Trinajstić information content (AvgIpc) is 3.39. The molecule has 0 bridgehead atoms. The monoisotopic (exact) mass is 997 g/mol. The highest BCUT2D eigenvalue weighted by molar-refractivity contribution is 5.85. The Morgan fingerprint density at radius 1 is 0.616 bits per heavy atom. The minimum Gasteiger partial charge on any atom is -0.486 e. The maximum atomic E-state index is 13.1. The fourth-order valence-corrected chi connectivity index (χ4v) is 9.11. The zero-order chi connectivity index (χ0) is 50.9. The van der Waals surface area contributed by atoms with E-state index in [1.165, 1.54) is 13.8 Å². The van der Waals surface area contributed by atoms with E-state index in [1.807, 2.05) is 78.9 Å². The molecule has 0 spiro atoms. The molecule has 19 nitrogen and oxygen atoms in total. The van der Waals surface area contributed by atoms with Gasteiger partial charge >= 0.3 is 17.3 Å². The number of fused-ring (bicyclic) bond motifs is 8. The second-order valence-electron chi connectivity index (χ2n) is 19.0. The fourth-order valence-electron chi connectivity index (χ4n) is 9.11. The number of aliphatic carboxylic acids is 1. The largest absolute Gasteiger partial charge is 0.486 e. The van der Waals surface area contributed by atoms with Crippen molar-refractivity contribution in [3.05, 3.63) is 129 Å². The summed E-state index contributed by atoms with van der Waals surface area (Å²) in [6.45, 7) is 10.8. The predicted molar refractivity (Wildman–Crippen MR) is 263 cm³/mol. The molecule has 19 heteroatoms. The lowest BCUT2D eigenvalue weighted by atomic mass is 9.97. The molecule has 5 aliphatic heterocycles. The van der Waals surface area contributed by atoms with Crippen LogP contribution < -0.4 is 49.3 Å². The number of morpholine rings is 1. The smallest absolute Gasteiger partial charge is 0.351 e. The molecule has 1 N–H and O–H groups in total. The summed E-state index contributed by atoms with van der Waals surface area (Å²) in [4.78, 5) is 59.9. The quantitative estimate of drug-likeness (QED) is 0.158. The molecule has 0 saturated carbocycles. The van der Waals surface area contributed by atoms with Crippen LogP contribution in [-0.4, -0.2) is 117 Å². The van der Waals surface area contributed by atoms with Gasteiger partial charge in [0.1, 0.15) is 37.9 Å². The lowest BCUT2D eigenvalue weighted by molar-refractivity contribution is -0.152. The van der Waals surface area contributed by atoms with Crippen molar-refractivity contribution < 1.29 is 57.3 Å². The third-order valence-corrected chi connectivity index (χ3v) is 12.9. The molecular formula is C54H55N5O14. The molecular weight excluding hydrogens is 943 g/mol. The Balaban J connectivity index is 0.000000169. The highest BCUT2D eigenvalue weighted by Gasteiger charge is 2.36. The van der Waals surface area contributed by atoms with E-state index in [4.69, 9.17) is 42.6 Å². The summed E-state index contributed by atoms with van der Waals surface area (Å²) < 4.78 is 55.5. The summed E-state index contributed by atoms with van der Waals surface area (Å²) in [7, 11) is 0. The highest BCUT2D eigenvalue weighted by atomic mass is 16.6. The van der Waals surface area contributed by atoms with E-state index >= 15 is 0 Å². The molecule has 1 fully saturated rings. The maximum absolute atomic E-state index is 13.1. The normalized spacial score (nSPS) is 17.2. The minimum absolute atomic E-state index is 0.0656. The van der Waals surface area contributed by atoms with Gasteiger partial charge in [0.05, 0.1) is 24.6 Å². The van der Waals surface area contributed by atoms with Crippen LogP contribution in [0.3, 0.4) is 0 Å². The first kappa shape index (κ1) is 48.6. The summed E-state index contributed by atoms with van der Waals surface area (Å²) in [6.07, 6.45) is 0.587. The zero-order valence-corrected chi connectivity index (χ0v) is 40.9. The van der Waals surface area contributed by atoms with Crippen molar-refractivity contribution in [2.24, 2.45) is 0 Å². The molecule has 11 rings (SSSR count). The molecule has 73 heavy (non-hydrogen) atoms. The van der Waals surface area contributed by atoms with E-state index in [0.29, 0.717) is 106 Å². The van der Waals surface area contributed by atoms with Gasteiger partial charge < -0.3 is 52.6 Å². The van der Waals surface area contributed by atoms with Gasteiger partial charge in [-0.3, -0.25) is 13.9 Å². The van der Waals surface area contributed by atoms with Crippen LogP contribution in [0.2, 0.25) is 0 Å². The molecule has 5 aliphatic rings. The van der Waals surface area contributed by atoms with Crippen LogP contribution in [0.4, 0.5) is 0 Å². The first-order chi connectivity index (χ1) is 35.2. The van der Waals surface area contributed by atoms with Gasteiger partial charge in [-0.05, 0) is 112 Å². The summed E-state index contributed by atoms with van der Waals surface area (Å²) in [5.74, 6) is 3.10. The van der Waals surface area contributed by atoms with Gasteiger partial charge in [0, 0.05) is 49.4 Å². The van der Waals surface area contributed by atoms with Gasteiger partial charge in [0.25, 0.3) is 5.91 Å². The molecule has 0 radical (unpaired) electrons. The van der Waals surface area contributed by atoms with Gasteiger partial charge in [-0.25, -0.2) is 14.4 Å². The van der Waals surface area contributed by atoms with E-state index in [1.54, 1.807) is 46.1 Å². The van der Waals surface area contributed by atoms with Crippen LogP contribution in [0.5, 0.6) is 46.3 Å². The summed E-state index contributed by atoms with van der Waals surface area (Å²) in [5.41, 5.74) is 2.02. The Hall–Kier alpha value is -8.06. The molecule has 1 amide bonds. The number of carbonyl (C=O) groups is 2.